The Morgan fingerprint density at radius 1 is 1.31 bits per heavy atom. The second kappa shape index (κ2) is 4.22. The lowest BCUT2D eigenvalue weighted by Gasteiger charge is -2.07. The molecule has 0 aliphatic rings. The van der Waals surface area contributed by atoms with Crippen LogP contribution in [0.1, 0.15) is 31.0 Å². The highest BCUT2D eigenvalue weighted by atomic mass is 35.5. The van der Waals surface area contributed by atoms with Crippen molar-refractivity contribution in [2.24, 2.45) is 0 Å². The number of hydrogen-bond acceptors (Lipinski definition) is 3. The predicted molar refractivity (Wildman–Crippen MR) is 63.0 cm³/mol. The van der Waals surface area contributed by atoms with Crippen LogP contribution < -0.4 is 0 Å². The predicted octanol–water partition coefficient (Wildman–Crippen LogP) is 2.75. The van der Waals surface area contributed by atoms with Gasteiger partial charge in [-0.3, -0.25) is 0 Å². The topological polar surface area (TPSA) is 43.6 Å². The highest BCUT2D eigenvalue weighted by molar-refractivity contribution is 6.28. The number of hydrogen-bond donors (Lipinski definition) is 0. The van der Waals surface area contributed by atoms with Crippen LogP contribution in [0.5, 0.6) is 0 Å². The zero-order valence-electron chi connectivity index (χ0n) is 9.48. The van der Waals surface area contributed by atoms with E-state index < -0.39 is 0 Å². The molecule has 4 nitrogen and oxygen atoms in total. The summed E-state index contributed by atoms with van der Waals surface area (Å²) in [5.74, 6) is 1.02. The number of nitrogens with zero attached hydrogens (tertiary/aromatic N) is 4. The molecule has 0 spiro atoms. The molecule has 0 saturated heterocycles. The van der Waals surface area contributed by atoms with Gasteiger partial charge in [0.05, 0.1) is 11.9 Å². The van der Waals surface area contributed by atoms with Crippen LogP contribution >= 0.6 is 11.6 Å². The van der Waals surface area contributed by atoms with Crippen molar-refractivity contribution in [2.45, 2.75) is 26.7 Å². The van der Waals surface area contributed by atoms with Gasteiger partial charge in [-0.25, -0.2) is 9.67 Å². The SMILES string of the molecule is Cc1cnn(-c2cc(C(C)C)nc(Cl)n2)c1. The van der Waals surface area contributed by atoms with E-state index in [0.29, 0.717) is 11.7 Å². The van der Waals surface area contributed by atoms with Crippen molar-refractivity contribution in [3.8, 4) is 5.82 Å². The molecule has 0 unspecified atom stereocenters. The molecule has 2 rings (SSSR count). The fraction of sp³-hybridized carbons (Fsp3) is 0.364. The van der Waals surface area contributed by atoms with E-state index in [-0.39, 0.29) is 5.28 Å². The molecule has 0 atom stereocenters. The number of aromatic nitrogens is 4. The molecule has 0 aromatic carbocycles. The summed E-state index contributed by atoms with van der Waals surface area (Å²) in [6.45, 7) is 6.11. The molecule has 0 fully saturated rings. The summed E-state index contributed by atoms with van der Waals surface area (Å²) in [7, 11) is 0. The zero-order chi connectivity index (χ0) is 11.7. The molecule has 0 bridgehead atoms. The van der Waals surface area contributed by atoms with Crippen molar-refractivity contribution >= 4 is 11.6 Å². The van der Waals surface area contributed by atoms with Crippen LogP contribution in [-0.4, -0.2) is 19.7 Å². The molecule has 0 saturated carbocycles. The van der Waals surface area contributed by atoms with Crippen molar-refractivity contribution < 1.29 is 0 Å². The third kappa shape index (κ3) is 2.22. The number of aryl methyl sites for hydroxylation is 1. The fourth-order valence-corrected chi connectivity index (χ4v) is 1.56. The van der Waals surface area contributed by atoms with Gasteiger partial charge in [-0.05, 0) is 30.0 Å². The van der Waals surface area contributed by atoms with Crippen LogP contribution in [0.15, 0.2) is 18.5 Å². The smallest absolute Gasteiger partial charge is 0.223 e. The highest BCUT2D eigenvalue weighted by Crippen LogP contribution is 2.17. The second-order valence-corrected chi connectivity index (χ2v) is 4.38. The molecule has 0 N–H and O–H groups in total. The van der Waals surface area contributed by atoms with Crippen molar-refractivity contribution in [1.82, 2.24) is 19.7 Å². The molecular weight excluding hydrogens is 224 g/mol. The summed E-state index contributed by atoms with van der Waals surface area (Å²) < 4.78 is 1.70. The zero-order valence-corrected chi connectivity index (χ0v) is 10.2. The Morgan fingerprint density at radius 2 is 2.06 bits per heavy atom. The fourth-order valence-electron chi connectivity index (χ4n) is 1.37. The van der Waals surface area contributed by atoms with Crippen molar-refractivity contribution in [3.63, 3.8) is 0 Å². The average molecular weight is 237 g/mol. The van der Waals surface area contributed by atoms with E-state index in [1.807, 2.05) is 19.2 Å². The van der Waals surface area contributed by atoms with E-state index in [9.17, 15) is 0 Å². The Morgan fingerprint density at radius 3 is 2.62 bits per heavy atom. The summed E-state index contributed by atoms with van der Waals surface area (Å²) in [5, 5.41) is 4.45. The maximum absolute atomic E-state index is 5.89. The lowest BCUT2D eigenvalue weighted by atomic mass is 10.1. The van der Waals surface area contributed by atoms with Crippen molar-refractivity contribution in [1.29, 1.82) is 0 Å². The van der Waals surface area contributed by atoms with E-state index in [1.165, 1.54) is 0 Å². The van der Waals surface area contributed by atoms with Gasteiger partial charge >= 0.3 is 0 Å². The van der Waals surface area contributed by atoms with Gasteiger partial charge in [0.15, 0.2) is 5.82 Å². The molecule has 0 aliphatic heterocycles. The van der Waals surface area contributed by atoms with Gasteiger partial charge in [-0.15, -0.1) is 0 Å². The van der Waals surface area contributed by atoms with Gasteiger partial charge in [-0.2, -0.15) is 10.1 Å². The van der Waals surface area contributed by atoms with Gasteiger partial charge in [0.1, 0.15) is 0 Å². The maximum atomic E-state index is 5.89. The summed E-state index contributed by atoms with van der Waals surface area (Å²) in [4.78, 5) is 8.33. The molecule has 0 aliphatic carbocycles. The Hall–Kier alpha value is -1.42. The van der Waals surface area contributed by atoms with E-state index in [4.69, 9.17) is 11.6 Å². The molecule has 2 heterocycles. The number of halogens is 1. The third-order valence-corrected chi connectivity index (χ3v) is 2.41. The Bertz CT molecular complexity index is 504. The second-order valence-electron chi connectivity index (χ2n) is 4.04. The van der Waals surface area contributed by atoms with Gasteiger partial charge < -0.3 is 0 Å². The Kier molecular flexibility index (Phi) is 2.92. The summed E-state index contributed by atoms with van der Waals surface area (Å²) in [6.07, 6.45) is 3.69. The van der Waals surface area contributed by atoms with Crippen LogP contribution in [0, 0.1) is 6.92 Å². The van der Waals surface area contributed by atoms with Crippen LogP contribution in [0.25, 0.3) is 5.82 Å². The quantitative estimate of drug-likeness (QED) is 0.753. The van der Waals surface area contributed by atoms with E-state index >= 15 is 0 Å². The van der Waals surface area contributed by atoms with Crippen LogP contribution in [0.3, 0.4) is 0 Å². The normalized spacial score (nSPS) is 11.1. The van der Waals surface area contributed by atoms with E-state index in [1.54, 1.807) is 10.9 Å². The largest absolute Gasteiger partial charge is 0.224 e. The van der Waals surface area contributed by atoms with Crippen LogP contribution in [0.2, 0.25) is 5.28 Å². The van der Waals surface area contributed by atoms with E-state index in [2.05, 4.69) is 28.9 Å². The average Bonchev–Trinajstić information content (AvgIpc) is 2.64. The number of rotatable bonds is 2. The van der Waals surface area contributed by atoms with Gasteiger partial charge in [0.2, 0.25) is 5.28 Å². The summed E-state index contributed by atoms with van der Waals surface area (Å²) in [5.41, 5.74) is 2.00. The van der Waals surface area contributed by atoms with Crippen LogP contribution in [0.4, 0.5) is 0 Å². The monoisotopic (exact) mass is 236 g/mol. The minimum Gasteiger partial charge on any atom is -0.223 e. The minimum atomic E-state index is 0.259. The minimum absolute atomic E-state index is 0.259. The van der Waals surface area contributed by atoms with Gasteiger partial charge in [-0.1, -0.05) is 13.8 Å². The molecule has 16 heavy (non-hydrogen) atoms. The first kappa shape index (κ1) is 11.1. The first-order valence-electron chi connectivity index (χ1n) is 5.12. The molecular formula is C11H13ClN4. The summed E-state index contributed by atoms with van der Waals surface area (Å²) >= 11 is 5.89. The maximum Gasteiger partial charge on any atom is 0.224 e. The lowest BCUT2D eigenvalue weighted by molar-refractivity contribution is 0.784. The van der Waals surface area contributed by atoms with Crippen LogP contribution in [-0.2, 0) is 0 Å². The van der Waals surface area contributed by atoms with Crippen molar-refractivity contribution in [3.05, 3.63) is 35.0 Å². The Labute approximate surface area is 99.3 Å². The Balaban J connectivity index is 2.49. The van der Waals surface area contributed by atoms with Gasteiger partial charge in [0, 0.05) is 12.3 Å². The molecule has 5 heteroatoms. The third-order valence-electron chi connectivity index (χ3n) is 2.24. The molecule has 2 aromatic rings. The standard InChI is InChI=1S/C11H13ClN4/c1-7(2)9-4-10(15-11(12)14-9)16-6-8(3)5-13-16/h4-7H,1-3H3. The molecule has 2 aromatic heterocycles. The molecule has 0 radical (unpaired) electrons. The van der Waals surface area contributed by atoms with Gasteiger partial charge in [0.25, 0.3) is 0 Å². The highest BCUT2D eigenvalue weighted by Gasteiger charge is 2.08. The molecule has 84 valence electrons. The first-order chi connectivity index (χ1) is 7.56. The van der Waals surface area contributed by atoms with E-state index in [0.717, 1.165) is 11.3 Å². The van der Waals surface area contributed by atoms with Crippen molar-refractivity contribution in [2.75, 3.05) is 0 Å². The lowest BCUT2D eigenvalue weighted by Crippen LogP contribution is -2.03. The molecule has 0 amide bonds. The summed E-state index contributed by atoms with van der Waals surface area (Å²) in [6, 6.07) is 1.91. The first-order valence-corrected chi connectivity index (χ1v) is 5.50.